The van der Waals surface area contributed by atoms with Gasteiger partial charge in [0.15, 0.2) is 0 Å². The van der Waals surface area contributed by atoms with Crippen molar-refractivity contribution >= 4 is 17.5 Å². The van der Waals surface area contributed by atoms with Crippen molar-refractivity contribution in [2.45, 2.75) is 43.6 Å². The standard InChI is InChI=1S/C16H20ClNO2/c17-12-5-3-11(4-6-12)13-9-14(13)15(19)18-10-16(20)7-1-2-8-16/h3-6,13-14,20H,1-2,7-10H2,(H,18,19). The third-order valence-electron chi connectivity index (χ3n) is 4.55. The quantitative estimate of drug-likeness (QED) is 0.897. The lowest BCUT2D eigenvalue weighted by atomic mass is 10.0. The summed E-state index contributed by atoms with van der Waals surface area (Å²) in [7, 11) is 0. The minimum atomic E-state index is -0.666. The van der Waals surface area contributed by atoms with Gasteiger partial charge >= 0.3 is 0 Å². The zero-order valence-corrected chi connectivity index (χ0v) is 12.2. The monoisotopic (exact) mass is 293 g/mol. The maximum atomic E-state index is 12.1. The van der Waals surface area contributed by atoms with Crippen molar-refractivity contribution in [1.82, 2.24) is 5.32 Å². The first kappa shape index (κ1) is 13.9. The molecule has 0 radical (unpaired) electrons. The molecule has 0 aliphatic heterocycles. The van der Waals surface area contributed by atoms with E-state index < -0.39 is 5.60 Å². The molecule has 2 fully saturated rings. The predicted molar refractivity (Wildman–Crippen MR) is 78.7 cm³/mol. The number of hydrogen-bond acceptors (Lipinski definition) is 2. The molecule has 2 saturated carbocycles. The number of amides is 1. The second-order valence-corrected chi connectivity index (χ2v) is 6.59. The maximum Gasteiger partial charge on any atom is 0.223 e. The number of hydrogen-bond donors (Lipinski definition) is 2. The number of benzene rings is 1. The average molecular weight is 294 g/mol. The van der Waals surface area contributed by atoms with E-state index in [1.165, 1.54) is 5.56 Å². The fraction of sp³-hybridized carbons (Fsp3) is 0.562. The number of halogens is 1. The molecular formula is C16H20ClNO2. The van der Waals surface area contributed by atoms with Crippen LogP contribution in [0.5, 0.6) is 0 Å². The van der Waals surface area contributed by atoms with Gasteiger partial charge in [0.2, 0.25) is 5.91 Å². The van der Waals surface area contributed by atoms with Crippen LogP contribution in [0.1, 0.15) is 43.6 Å². The van der Waals surface area contributed by atoms with Crippen LogP contribution in [0, 0.1) is 5.92 Å². The molecule has 1 aromatic carbocycles. The van der Waals surface area contributed by atoms with E-state index in [-0.39, 0.29) is 11.8 Å². The Balaban J connectivity index is 1.51. The molecule has 0 aromatic heterocycles. The van der Waals surface area contributed by atoms with Gasteiger partial charge in [-0.25, -0.2) is 0 Å². The molecule has 4 heteroatoms. The van der Waals surface area contributed by atoms with Crippen LogP contribution in [0.3, 0.4) is 0 Å². The predicted octanol–water partition coefficient (Wildman–Crippen LogP) is 2.86. The molecular weight excluding hydrogens is 274 g/mol. The van der Waals surface area contributed by atoms with Crippen molar-refractivity contribution < 1.29 is 9.90 Å². The van der Waals surface area contributed by atoms with Gasteiger partial charge in [0.25, 0.3) is 0 Å². The number of carbonyl (C=O) groups is 1. The molecule has 0 heterocycles. The normalized spacial score (nSPS) is 27.3. The Hall–Kier alpha value is -1.06. The molecule has 108 valence electrons. The molecule has 2 N–H and O–H groups in total. The minimum absolute atomic E-state index is 0.0566. The van der Waals surface area contributed by atoms with Crippen LogP contribution in [0.25, 0.3) is 0 Å². The molecule has 3 rings (SSSR count). The second kappa shape index (κ2) is 5.38. The maximum absolute atomic E-state index is 12.1. The zero-order valence-electron chi connectivity index (χ0n) is 11.4. The van der Waals surface area contributed by atoms with E-state index in [2.05, 4.69) is 5.32 Å². The van der Waals surface area contributed by atoms with Crippen LogP contribution in [0.15, 0.2) is 24.3 Å². The molecule has 0 bridgehead atoms. The van der Waals surface area contributed by atoms with Crippen LogP contribution in [-0.4, -0.2) is 23.2 Å². The lowest BCUT2D eigenvalue weighted by molar-refractivity contribution is -0.123. The van der Waals surface area contributed by atoms with Crippen molar-refractivity contribution in [2.75, 3.05) is 6.54 Å². The number of rotatable bonds is 4. The van der Waals surface area contributed by atoms with Gasteiger partial charge in [-0.15, -0.1) is 0 Å². The lowest BCUT2D eigenvalue weighted by Crippen LogP contribution is -2.41. The topological polar surface area (TPSA) is 49.3 Å². The SMILES string of the molecule is O=C(NCC1(O)CCCC1)C1CC1c1ccc(Cl)cc1. The molecule has 2 unspecified atom stereocenters. The third kappa shape index (κ3) is 2.99. The summed E-state index contributed by atoms with van der Waals surface area (Å²) in [6.07, 6.45) is 4.62. The highest BCUT2D eigenvalue weighted by atomic mass is 35.5. The highest BCUT2D eigenvalue weighted by molar-refractivity contribution is 6.30. The number of nitrogens with one attached hydrogen (secondary N) is 1. The molecule has 0 spiro atoms. The summed E-state index contributed by atoms with van der Waals surface area (Å²) < 4.78 is 0. The first-order valence-corrected chi connectivity index (χ1v) is 7.71. The minimum Gasteiger partial charge on any atom is -0.388 e. The summed E-state index contributed by atoms with van der Waals surface area (Å²) in [6.45, 7) is 0.398. The number of aliphatic hydroxyl groups is 1. The molecule has 0 saturated heterocycles. The summed E-state index contributed by atoms with van der Waals surface area (Å²) in [4.78, 5) is 12.1. The van der Waals surface area contributed by atoms with Gasteiger partial charge in [-0.2, -0.15) is 0 Å². The fourth-order valence-electron chi connectivity index (χ4n) is 3.16. The van der Waals surface area contributed by atoms with E-state index >= 15 is 0 Å². The Morgan fingerprint density at radius 1 is 1.30 bits per heavy atom. The first-order chi connectivity index (χ1) is 9.57. The molecule has 1 amide bonds. The Kier molecular flexibility index (Phi) is 3.74. The second-order valence-electron chi connectivity index (χ2n) is 6.15. The highest BCUT2D eigenvalue weighted by Crippen LogP contribution is 2.47. The summed E-state index contributed by atoms with van der Waals surface area (Å²) >= 11 is 5.87. The molecule has 2 aliphatic rings. The van der Waals surface area contributed by atoms with E-state index in [1.807, 2.05) is 24.3 Å². The van der Waals surface area contributed by atoms with Gasteiger partial charge in [0.1, 0.15) is 0 Å². The van der Waals surface area contributed by atoms with Gasteiger partial charge in [0.05, 0.1) is 5.60 Å². The van der Waals surface area contributed by atoms with E-state index in [9.17, 15) is 9.90 Å². The molecule has 3 nitrogen and oxygen atoms in total. The smallest absolute Gasteiger partial charge is 0.223 e. The van der Waals surface area contributed by atoms with Crippen LogP contribution in [-0.2, 0) is 4.79 Å². The van der Waals surface area contributed by atoms with Crippen molar-refractivity contribution in [3.8, 4) is 0 Å². The average Bonchev–Trinajstić information content (AvgIpc) is 3.13. The lowest BCUT2D eigenvalue weighted by Gasteiger charge is -2.22. The van der Waals surface area contributed by atoms with Crippen LogP contribution in [0.4, 0.5) is 0 Å². The van der Waals surface area contributed by atoms with Gasteiger partial charge < -0.3 is 10.4 Å². The number of carbonyl (C=O) groups excluding carboxylic acids is 1. The Morgan fingerprint density at radius 3 is 2.60 bits per heavy atom. The summed E-state index contributed by atoms with van der Waals surface area (Å²) in [5, 5.41) is 13.9. The largest absolute Gasteiger partial charge is 0.388 e. The van der Waals surface area contributed by atoms with Gasteiger partial charge in [-0.1, -0.05) is 36.6 Å². The molecule has 2 aliphatic carbocycles. The van der Waals surface area contributed by atoms with Crippen molar-refractivity contribution in [1.29, 1.82) is 0 Å². The molecule has 20 heavy (non-hydrogen) atoms. The van der Waals surface area contributed by atoms with Gasteiger partial charge in [-0.3, -0.25) is 4.79 Å². The Morgan fingerprint density at radius 2 is 1.95 bits per heavy atom. The summed E-state index contributed by atoms with van der Waals surface area (Å²) in [6, 6.07) is 7.71. The zero-order chi connectivity index (χ0) is 14.2. The van der Waals surface area contributed by atoms with Gasteiger partial charge in [0, 0.05) is 17.5 Å². The van der Waals surface area contributed by atoms with Crippen molar-refractivity contribution in [3.63, 3.8) is 0 Å². The van der Waals surface area contributed by atoms with E-state index in [4.69, 9.17) is 11.6 Å². The van der Waals surface area contributed by atoms with E-state index in [1.54, 1.807) is 0 Å². The fourth-order valence-corrected chi connectivity index (χ4v) is 3.28. The van der Waals surface area contributed by atoms with Crippen molar-refractivity contribution in [2.24, 2.45) is 5.92 Å². The molecule has 2 atom stereocenters. The van der Waals surface area contributed by atoms with Crippen LogP contribution < -0.4 is 5.32 Å². The van der Waals surface area contributed by atoms with E-state index in [0.29, 0.717) is 12.5 Å². The van der Waals surface area contributed by atoms with Crippen LogP contribution >= 0.6 is 11.6 Å². The third-order valence-corrected chi connectivity index (χ3v) is 4.80. The van der Waals surface area contributed by atoms with Gasteiger partial charge in [-0.05, 0) is 42.9 Å². The molecule has 1 aromatic rings. The Bertz CT molecular complexity index is 494. The van der Waals surface area contributed by atoms with E-state index in [0.717, 1.165) is 37.1 Å². The highest BCUT2D eigenvalue weighted by Gasteiger charge is 2.44. The van der Waals surface area contributed by atoms with Crippen LogP contribution in [0.2, 0.25) is 5.02 Å². The Labute approximate surface area is 124 Å². The summed E-state index contributed by atoms with van der Waals surface area (Å²) in [5.74, 6) is 0.442. The first-order valence-electron chi connectivity index (χ1n) is 7.33. The van der Waals surface area contributed by atoms with Crippen molar-refractivity contribution in [3.05, 3.63) is 34.9 Å². The summed E-state index contributed by atoms with van der Waals surface area (Å²) in [5.41, 5.74) is 0.509.